The van der Waals surface area contributed by atoms with Crippen molar-refractivity contribution in [3.05, 3.63) is 102 Å². The Balaban J connectivity index is 1.36. The van der Waals surface area contributed by atoms with Crippen LogP contribution in [0.2, 0.25) is 0 Å². The maximum absolute atomic E-state index is 12.8. The van der Waals surface area contributed by atoms with E-state index in [2.05, 4.69) is 10.4 Å². The molecule has 0 saturated heterocycles. The van der Waals surface area contributed by atoms with Crippen LogP contribution in [-0.4, -0.2) is 25.1 Å². The molecule has 7 nitrogen and oxygen atoms in total. The third kappa shape index (κ3) is 6.47. The number of ether oxygens (including phenoxy) is 2. The van der Waals surface area contributed by atoms with Gasteiger partial charge >= 0.3 is 18.0 Å². The Kier molecular flexibility index (Phi) is 7.91. The number of nitrogens with zero attached hydrogens (tertiary/aromatic N) is 1. The monoisotopic (exact) mass is 521 g/mol. The lowest BCUT2D eigenvalue weighted by Gasteiger charge is -2.12. The number of halogens is 3. The molecule has 0 aliphatic carbocycles. The molecule has 38 heavy (non-hydrogen) atoms. The molecule has 0 heterocycles. The molecular formula is C28H22F3N3O4. The van der Waals surface area contributed by atoms with Crippen LogP contribution in [0.5, 0.6) is 11.5 Å². The predicted molar refractivity (Wildman–Crippen MR) is 137 cm³/mol. The lowest BCUT2D eigenvalue weighted by molar-refractivity contribution is -0.137. The number of nitrogens with one attached hydrogen (secondary N) is 2. The number of fused-ring (bicyclic) bond motifs is 1. The number of carbonyl (C=O) groups is 2. The fourth-order valence-electron chi connectivity index (χ4n) is 3.63. The van der Waals surface area contributed by atoms with Crippen molar-refractivity contribution in [3.8, 4) is 11.5 Å². The van der Waals surface area contributed by atoms with E-state index in [0.29, 0.717) is 23.7 Å². The number of amides is 2. The minimum atomic E-state index is -4.58. The van der Waals surface area contributed by atoms with Crippen LogP contribution in [0.25, 0.3) is 10.8 Å². The molecule has 10 heteroatoms. The van der Waals surface area contributed by atoms with Crippen molar-refractivity contribution in [2.75, 3.05) is 12.4 Å². The summed E-state index contributed by atoms with van der Waals surface area (Å²) in [6.07, 6.45) is -3.29. The normalized spacial score (nSPS) is 11.4. The van der Waals surface area contributed by atoms with E-state index in [4.69, 9.17) is 9.47 Å². The Bertz CT molecular complexity index is 1500. The number of hydrogen-bond donors (Lipinski definition) is 2. The van der Waals surface area contributed by atoms with Gasteiger partial charge < -0.3 is 14.8 Å². The average molecular weight is 521 g/mol. The Hall–Kier alpha value is -4.86. The highest BCUT2D eigenvalue weighted by molar-refractivity contribution is 6.39. The Morgan fingerprint density at radius 2 is 1.66 bits per heavy atom. The topological polar surface area (TPSA) is 89.0 Å². The number of alkyl halides is 3. The maximum atomic E-state index is 12.8. The van der Waals surface area contributed by atoms with Crippen LogP contribution in [-0.2, 0) is 22.4 Å². The second-order valence-corrected chi connectivity index (χ2v) is 8.07. The van der Waals surface area contributed by atoms with E-state index >= 15 is 0 Å². The Morgan fingerprint density at radius 3 is 2.45 bits per heavy atom. The van der Waals surface area contributed by atoms with E-state index < -0.39 is 23.6 Å². The second kappa shape index (κ2) is 11.5. The van der Waals surface area contributed by atoms with Gasteiger partial charge in [-0.05, 0) is 58.3 Å². The lowest BCUT2D eigenvalue weighted by atomic mass is 10.1. The van der Waals surface area contributed by atoms with Crippen LogP contribution in [0.1, 0.15) is 16.7 Å². The Labute approximate surface area is 215 Å². The summed E-state index contributed by atoms with van der Waals surface area (Å²) < 4.78 is 49.8. The van der Waals surface area contributed by atoms with E-state index in [0.717, 1.165) is 34.5 Å². The van der Waals surface area contributed by atoms with E-state index in [-0.39, 0.29) is 5.69 Å². The minimum absolute atomic E-state index is 0.173. The van der Waals surface area contributed by atoms with Gasteiger partial charge in [-0.3, -0.25) is 9.59 Å². The average Bonchev–Trinajstić information content (AvgIpc) is 2.91. The molecular weight excluding hydrogens is 499 g/mol. The van der Waals surface area contributed by atoms with E-state index in [1.807, 2.05) is 47.9 Å². The van der Waals surface area contributed by atoms with Gasteiger partial charge in [0.25, 0.3) is 0 Å². The number of methoxy groups -OCH3 is 1. The highest BCUT2D eigenvalue weighted by atomic mass is 19.4. The zero-order chi connectivity index (χ0) is 27.1. The largest absolute Gasteiger partial charge is 0.493 e. The molecule has 4 aromatic carbocycles. The van der Waals surface area contributed by atoms with E-state index in [1.54, 1.807) is 18.2 Å². The first-order valence-electron chi connectivity index (χ1n) is 11.3. The minimum Gasteiger partial charge on any atom is -0.493 e. The highest BCUT2D eigenvalue weighted by Crippen LogP contribution is 2.31. The predicted octanol–water partition coefficient (Wildman–Crippen LogP) is 5.54. The summed E-state index contributed by atoms with van der Waals surface area (Å²) in [7, 11) is 1.49. The third-order valence-corrected chi connectivity index (χ3v) is 5.48. The first kappa shape index (κ1) is 26.2. The van der Waals surface area contributed by atoms with Crippen molar-refractivity contribution < 1.29 is 32.2 Å². The molecule has 0 fully saturated rings. The van der Waals surface area contributed by atoms with Crippen LogP contribution in [0.3, 0.4) is 0 Å². The summed E-state index contributed by atoms with van der Waals surface area (Å²) >= 11 is 0. The van der Waals surface area contributed by atoms with Crippen molar-refractivity contribution in [3.63, 3.8) is 0 Å². The van der Waals surface area contributed by atoms with Crippen LogP contribution in [0.4, 0.5) is 18.9 Å². The van der Waals surface area contributed by atoms with Crippen LogP contribution < -0.4 is 20.2 Å². The molecule has 0 aliphatic rings. The molecule has 0 spiro atoms. The van der Waals surface area contributed by atoms with E-state index in [9.17, 15) is 22.8 Å². The van der Waals surface area contributed by atoms with Crippen LogP contribution in [0.15, 0.2) is 90.0 Å². The number of hydrogen-bond acceptors (Lipinski definition) is 5. The molecule has 0 aliphatic heterocycles. The fraction of sp³-hybridized carbons (Fsp3) is 0.107. The van der Waals surface area contributed by atoms with Crippen molar-refractivity contribution in [1.82, 2.24) is 5.43 Å². The quantitative estimate of drug-likeness (QED) is 0.190. The number of benzene rings is 4. The van der Waals surface area contributed by atoms with Gasteiger partial charge in [0.2, 0.25) is 0 Å². The molecule has 0 bridgehead atoms. The maximum Gasteiger partial charge on any atom is 0.416 e. The summed E-state index contributed by atoms with van der Waals surface area (Å²) in [5.74, 6) is -1.39. The fourth-order valence-corrected chi connectivity index (χ4v) is 3.63. The molecule has 194 valence electrons. The molecule has 4 aromatic rings. The van der Waals surface area contributed by atoms with Crippen LogP contribution in [0, 0.1) is 0 Å². The number of hydrazone groups is 1. The summed E-state index contributed by atoms with van der Waals surface area (Å²) in [5, 5.41) is 8.04. The van der Waals surface area contributed by atoms with E-state index in [1.165, 1.54) is 19.4 Å². The molecule has 0 radical (unpaired) electrons. The zero-order valence-corrected chi connectivity index (χ0v) is 20.1. The molecule has 0 aromatic heterocycles. The molecule has 0 saturated carbocycles. The summed E-state index contributed by atoms with van der Waals surface area (Å²) in [6, 6.07) is 22.9. The van der Waals surface area contributed by atoms with Gasteiger partial charge in [-0.2, -0.15) is 18.3 Å². The molecule has 0 unspecified atom stereocenters. The molecule has 0 atom stereocenters. The van der Waals surface area contributed by atoms with Gasteiger partial charge in [0.05, 0.1) is 18.9 Å². The summed E-state index contributed by atoms with van der Waals surface area (Å²) in [4.78, 5) is 24.0. The molecule has 2 N–H and O–H groups in total. The molecule has 2 amide bonds. The second-order valence-electron chi connectivity index (χ2n) is 8.07. The van der Waals surface area contributed by atoms with Crippen molar-refractivity contribution >= 4 is 34.5 Å². The van der Waals surface area contributed by atoms with Gasteiger partial charge in [-0.1, -0.05) is 48.5 Å². The van der Waals surface area contributed by atoms with Crippen molar-refractivity contribution in [1.29, 1.82) is 0 Å². The first-order chi connectivity index (χ1) is 18.2. The third-order valence-electron chi connectivity index (χ3n) is 5.48. The SMILES string of the molecule is COc1cc(/C=N/NC(=O)C(=O)Nc2cccc(C(F)(F)F)c2)ccc1OCc1cccc2ccccc12. The van der Waals surface area contributed by atoms with Crippen molar-refractivity contribution in [2.45, 2.75) is 12.8 Å². The first-order valence-corrected chi connectivity index (χ1v) is 11.3. The van der Waals surface area contributed by atoms with Crippen molar-refractivity contribution in [2.24, 2.45) is 5.10 Å². The van der Waals surface area contributed by atoms with Crippen LogP contribution >= 0.6 is 0 Å². The summed E-state index contributed by atoms with van der Waals surface area (Å²) in [6.45, 7) is 0.322. The lowest BCUT2D eigenvalue weighted by Crippen LogP contribution is -2.32. The smallest absolute Gasteiger partial charge is 0.416 e. The Morgan fingerprint density at radius 1 is 0.895 bits per heavy atom. The standard InChI is InChI=1S/C28H22F3N3O4/c1-37-25-14-18(12-13-24(25)38-17-20-8-4-7-19-6-2-3-11-23(19)20)16-32-34-27(36)26(35)33-22-10-5-9-21(15-22)28(29,30)31/h2-16H,17H2,1H3,(H,33,35)(H,34,36)/b32-16+. The van der Waals surface area contributed by atoms with Gasteiger partial charge in [0, 0.05) is 5.69 Å². The number of rotatable bonds is 7. The van der Waals surface area contributed by atoms with Gasteiger partial charge in [-0.15, -0.1) is 0 Å². The van der Waals surface area contributed by atoms with Gasteiger partial charge in [-0.25, -0.2) is 5.43 Å². The van der Waals surface area contributed by atoms with Gasteiger partial charge in [0.15, 0.2) is 11.5 Å². The van der Waals surface area contributed by atoms with Gasteiger partial charge in [0.1, 0.15) is 6.61 Å². The highest BCUT2D eigenvalue weighted by Gasteiger charge is 2.30. The number of carbonyl (C=O) groups excluding carboxylic acids is 2. The number of anilines is 1. The molecule has 4 rings (SSSR count). The zero-order valence-electron chi connectivity index (χ0n) is 20.1. The summed E-state index contributed by atoms with van der Waals surface area (Å²) in [5.41, 5.74) is 2.47.